The number of carboxylic acid groups (broad SMARTS) is 2. The van der Waals surface area contributed by atoms with Crippen LogP contribution in [0.15, 0.2) is 60.8 Å². The second-order valence-corrected chi connectivity index (χ2v) is 16.1. The number of amides is 2. The smallest absolute Gasteiger partial charge is 0.327 e. The summed E-state index contributed by atoms with van der Waals surface area (Å²) >= 11 is 1.07. The van der Waals surface area contributed by atoms with Gasteiger partial charge in [-0.3, -0.25) is 14.4 Å². The Bertz CT molecular complexity index is 1710. The molecule has 0 fully saturated rings. The van der Waals surface area contributed by atoms with Gasteiger partial charge in [-0.2, -0.15) is 0 Å². The molecule has 0 saturated carbocycles. The summed E-state index contributed by atoms with van der Waals surface area (Å²) in [6.45, 7) is 12.0. The number of nitrogens with two attached hydrogens (primary N) is 1. The first kappa shape index (κ1) is 43.1. The maximum absolute atomic E-state index is 15.1. The third-order valence-corrected chi connectivity index (χ3v) is 10.2. The van der Waals surface area contributed by atoms with Crippen molar-refractivity contribution in [2.45, 2.75) is 79.1 Å². The summed E-state index contributed by atoms with van der Waals surface area (Å²) in [5, 5.41) is 24.5. The summed E-state index contributed by atoms with van der Waals surface area (Å²) in [5.74, 6) is -4.44. The number of carbonyl (C=O) groups excluding carboxylic acids is 2. The molecule has 11 nitrogen and oxygen atoms in total. The van der Waals surface area contributed by atoms with Gasteiger partial charge in [-0.05, 0) is 60.5 Å². The number of aliphatic carboxylic acids is 2. The van der Waals surface area contributed by atoms with Crippen molar-refractivity contribution in [3.05, 3.63) is 83.7 Å². The van der Waals surface area contributed by atoms with Gasteiger partial charge in [0.15, 0.2) is 0 Å². The van der Waals surface area contributed by atoms with E-state index in [0.29, 0.717) is 37.3 Å². The van der Waals surface area contributed by atoms with Crippen molar-refractivity contribution in [3.8, 4) is 11.1 Å². The Morgan fingerprint density at radius 1 is 1.00 bits per heavy atom. The molecule has 3 unspecified atom stereocenters. The van der Waals surface area contributed by atoms with Crippen molar-refractivity contribution in [2.75, 3.05) is 31.1 Å². The highest BCUT2D eigenvalue weighted by Gasteiger charge is 2.37. The van der Waals surface area contributed by atoms with Crippen LogP contribution in [0, 0.1) is 22.5 Å². The zero-order chi connectivity index (χ0) is 39.5. The van der Waals surface area contributed by atoms with E-state index >= 15 is 4.39 Å². The summed E-state index contributed by atoms with van der Waals surface area (Å²) in [5.41, 5.74) is 6.92. The van der Waals surface area contributed by atoms with Crippen LogP contribution in [0.4, 0.5) is 8.78 Å². The Morgan fingerprint density at radius 2 is 1.68 bits per heavy atom. The van der Waals surface area contributed by atoms with Gasteiger partial charge in [-0.15, -0.1) is 11.8 Å². The van der Waals surface area contributed by atoms with E-state index in [0.717, 1.165) is 35.5 Å². The first-order valence-corrected chi connectivity index (χ1v) is 18.7. The number of hydrogen-bond acceptors (Lipinski definition) is 7. The Morgan fingerprint density at radius 3 is 2.28 bits per heavy atom. The molecule has 6 N–H and O–H groups in total. The van der Waals surface area contributed by atoms with Gasteiger partial charge in [0.2, 0.25) is 11.8 Å². The van der Waals surface area contributed by atoms with E-state index in [4.69, 9.17) is 5.73 Å². The van der Waals surface area contributed by atoms with Gasteiger partial charge in [-0.25, -0.2) is 13.6 Å². The molecule has 3 rings (SSSR count). The first-order valence-electron chi connectivity index (χ1n) is 17.6. The lowest BCUT2D eigenvalue weighted by Gasteiger charge is -2.41. The van der Waals surface area contributed by atoms with Crippen molar-refractivity contribution >= 4 is 35.5 Å². The van der Waals surface area contributed by atoms with E-state index < -0.39 is 52.4 Å². The van der Waals surface area contributed by atoms with E-state index in [-0.39, 0.29) is 42.0 Å². The minimum atomic E-state index is -1.29. The molecule has 1 heterocycles. The molecule has 2 amide bonds. The van der Waals surface area contributed by atoms with Crippen LogP contribution in [-0.2, 0) is 25.7 Å². The Labute approximate surface area is 314 Å². The average molecular weight is 758 g/mol. The van der Waals surface area contributed by atoms with Gasteiger partial charge in [0.25, 0.3) is 0 Å². The number of benzene rings is 2. The molecule has 0 saturated heterocycles. The van der Waals surface area contributed by atoms with E-state index in [2.05, 4.69) is 10.6 Å². The van der Waals surface area contributed by atoms with Crippen LogP contribution in [-0.4, -0.2) is 86.7 Å². The summed E-state index contributed by atoms with van der Waals surface area (Å²) in [4.78, 5) is 51.9. The molecular weight excluding hydrogens is 705 g/mol. The van der Waals surface area contributed by atoms with Gasteiger partial charge in [-0.1, -0.05) is 65.0 Å². The van der Waals surface area contributed by atoms with Crippen molar-refractivity contribution in [2.24, 2.45) is 16.6 Å². The lowest BCUT2D eigenvalue weighted by molar-refractivity contribution is -0.141. The molecule has 0 aliphatic rings. The van der Waals surface area contributed by atoms with Crippen LogP contribution in [0.5, 0.6) is 0 Å². The number of rotatable bonds is 20. The van der Waals surface area contributed by atoms with Crippen LogP contribution in [0.3, 0.4) is 0 Å². The topological polar surface area (TPSA) is 167 Å². The third kappa shape index (κ3) is 12.7. The molecule has 3 atom stereocenters. The molecule has 0 radical (unpaired) electrons. The highest BCUT2D eigenvalue weighted by atomic mass is 32.2. The minimum Gasteiger partial charge on any atom is -0.481 e. The lowest BCUT2D eigenvalue weighted by Crippen LogP contribution is -2.49. The van der Waals surface area contributed by atoms with Gasteiger partial charge in [0.1, 0.15) is 17.7 Å². The van der Waals surface area contributed by atoms with E-state index in [9.17, 15) is 33.8 Å². The molecule has 1 aromatic heterocycles. The van der Waals surface area contributed by atoms with Crippen LogP contribution in [0.25, 0.3) is 11.1 Å². The van der Waals surface area contributed by atoms with E-state index in [1.165, 1.54) is 0 Å². The standard InChI is InChI=1S/C39H53F2N5O6S/c1-25(39(5,6)19-35(49)50)43-20-33(47)44-31(37(51)52)23-53-24-34(48)46(16-10-15-42)36(38(2,3)4)32-17-27(29-18-28(40)13-14-30(29)41)22-45(32)21-26-11-8-7-9-12-26/h7-9,11-14,17-18,22,25,31,36,43H,10,15-16,19-21,23-24,42H2,1-6H3,(H,44,47)(H,49,50)(H,51,52). The number of halogens is 2. The van der Waals surface area contributed by atoms with Crippen LogP contribution in [0.2, 0.25) is 0 Å². The summed E-state index contributed by atoms with van der Waals surface area (Å²) < 4.78 is 31.4. The molecule has 0 spiro atoms. The van der Waals surface area contributed by atoms with Gasteiger partial charge in [0, 0.05) is 47.9 Å². The largest absolute Gasteiger partial charge is 0.481 e. The second kappa shape index (κ2) is 19.2. The number of thioether (sulfide) groups is 1. The molecule has 14 heteroatoms. The summed E-state index contributed by atoms with van der Waals surface area (Å²) in [6.07, 6.45) is 2.13. The van der Waals surface area contributed by atoms with Crippen LogP contribution < -0.4 is 16.4 Å². The molecule has 0 aliphatic heterocycles. The zero-order valence-electron chi connectivity index (χ0n) is 31.3. The molecular formula is C39H53F2N5O6S. The maximum atomic E-state index is 15.1. The highest BCUT2D eigenvalue weighted by molar-refractivity contribution is 8.00. The predicted molar refractivity (Wildman–Crippen MR) is 203 cm³/mol. The lowest BCUT2D eigenvalue weighted by atomic mass is 9.82. The van der Waals surface area contributed by atoms with Crippen molar-refractivity contribution in [1.82, 2.24) is 20.1 Å². The number of hydrogen-bond donors (Lipinski definition) is 5. The molecule has 0 bridgehead atoms. The first-order chi connectivity index (χ1) is 24.8. The number of nitrogens with zero attached hydrogens (tertiary/aromatic N) is 2. The van der Waals surface area contributed by atoms with E-state index in [1.807, 2.05) is 55.7 Å². The SMILES string of the molecule is CC(NCC(=O)NC(CSCC(=O)N(CCCN)C(c1cc(-c2cc(F)ccc2F)cn1Cc1ccccc1)C(C)(C)C)C(=O)O)C(C)(C)CC(=O)O. The fraction of sp³-hybridized carbons (Fsp3) is 0.487. The van der Waals surface area contributed by atoms with Crippen molar-refractivity contribution in [3.63, 3.8) is 0 Å². The Balaban J connectivity index is 1.86. The fourth-order valence-corrected chi connectivity index (χ4v) is 7.02. The van der Waals surface area contributed by atoms with Crippen LogP contribution in [0.1, 0.15) is 71.7 Å². The van der Waals surface area contributed by atoms with Crippen molar-refractivity contribution < 1.29 is 38.2 Å². The fourth-order valence-electron chi connectivity index (χ4n) is 6.10. The Hall–Kier alpha value is -4.27. The summed E-state index contributed by atoms with van der Waals surface area (Å²) in [6, 6.07) is 12.5. The highest BCUT2D eigenvalue weighted by Crippen LogP contribution is 2.41. The second-order valence-electron chi connectivity index (χ2n) is 15.0. The molecule has 2 aromatic carbocycles. The Kier molecular flexibility index (Phi) is 15.6. The number of carbonyl (C=O) groups is 4. The average Bonchev–Trinajstić information content (AvgIpc) is 3.47. The van der Waals surface area contributed by atoms with E-state index in [1.54, 1.807) is 37.9 Å². The molecule has 290 valence electrons. The van der Waals surface area contributed by atoms with Gasteiger partial charge in [0.05, 0.1) is 24.8 Å². The van der Waals surface area contributed by atoms with Crippen LogP contribution >= 0.6 is 11.8 Å². The maximum Gasteiger partial charge on any atom is 0.327 e. The third-order valence-electron chi connectivity index (χ3n) is 9.19. The molecule has 0 aliphatic carbocycles. The normalized spacial score (nSPS) is 13.6. The zero-order valence-corrected chi connectivity index (χ0v) is 32.1. The van der Waals surface area contributed by atoms with Gasteiger partial charge < -0.3 is 36.0 Å². The quantitative estimate of drug-likeness (QED) is 0.0997. The van der Waals surface area contributed by atoms with Crippen molar-refractivity contribution in [1.29, 1.82) is 0 Å². The number of aromatic nitrogens is 1. The summed E-state index contributed by atoms with van der Waals surface area (Å²) in [7, 11) is 0. The number of nitrogens with one attached hydrogen (secondary N) is 2. The van der Waals surface area contributed by atoms with Gasteiger partial charge >= 0.3 is 11.9 Å². The molecule has 3 aromatic rings. The monoisotopic (exact) mass is 757 g/mol. The minimum absolute atomic E-state index is 0.0921. The molecule has 53 heavy (non-hydrogen) atoms. The number of carboxylic acids is 2. The predicted octanol–water partition coefficient (Wildman–Crippen LogP) is 5.53.